The third-order valence-corrected chi connectivity index (χ3v) is 2.48. The van der Waals surface area contributed by atoms with Gasteiger partial charge in [0.25, 0.3) is 0 Å². The zero-order valence-electron chi connectivity index (χ0n) is 9.83. The van der Waals surface area contributed by atoms with Crippen molar-refractivity contribution in [3.8, 4) is 0 Å². The minimum Gasteiger partial charge on any atom is -0.378 e. The van der Waals surface area contributed by atoms with Crippen LogP contribution in [0.15, 0.2) is 24.3 Å². The van der Waals surface area contributed by atoms with Crippen molar-refractivity contribution in [3.63, 3.8) is 0 Å². The quantitative estimate of drug-likeness (QED) is 0.817. The van der Waals surface area contributed by atoms with Crippen LogP contribution in [0, 0.1) is 0 Å². The third kappa shape index (κ3) is 3.74. The number of carbonyl (C=O) groups is 1. The normalized spacial score (nSPS) is 12.0. The Bertz CT molecular complexity index is 347. The predicted octanol–water partition coefficient (Wildman–Crippen LogP) is 2.00. The summed E-state index contributed by atoms with van der Waals surface area (Å²) in [5, 5.41) is 2.28. The summed E-state index contributed by atoms with van der Waals surface area (Å²) in [6.07, 6.45) is 0. The van der Waals surface area contributed by atoms with E-state index in [1.54, 1.807) is 6.92 Å². The molecular formula is C12H17ClN2O. The van der Waals surface area contributed by atoms with E-state index in [4.69, 9.17) is 11.6 Å². The van der Waals surface area contributed by atoms with E-state index in [1.165, 1.54) is 0 Å². The minimum atomic E-state index is -0.485. The zero-order valence-corrected chi connectivity index (χ0v) is 10.6. The van der Waals surface area contributed by atoms with Crippen molar-refractivity contribution in [2.75, 3.05) is 19.0 Å². The molecule has 1 aromatic rings. The van der Waals surface area contributed by atoms with E-state index >= 15 is 0 Å². The van der Waals surface area contributed by atoms with Crippen LogP contribution in [-0.4, -0.2) is 25.4 Å². The lowest BCUT2D eigenvalue weighted by Crippen LogP contribution is -2.29. The Morgan fingerprint density at radius 3 is 2.38 bits per heavy atom. The average molecular weight is 241 g/mol. The Morgan fingerprint density at radius 1 is 1.38 bits per heavy atom. The fourth-order valence-corrected chi connectivity index (χ4v) is 1.32. The molecule has 0 spiro atoms. The van der Waals surface area contributed by atoms with Crippen LogP contribution in [0.2, 0.25) is 0 Å². The Balaban J connectivity index is 2.53. The van der Waals surface area contributed by atoms with Crippen molar-refractivity contribution in [2.24, 2.45) is 0 Å². The first kappa shape index (κ1) is 12.8. The molecule has 0 saturated heterocycles. The van der Waals surface area contributed by atoms with Crippen LogP contribution < -0.4 is 10.2 Å². The number of rotatable bonds is 4. The van der Waals surface area contributed by atoms with Crippen molar-refractivity contribution in [2.45, 2.75) is 18.8 Å². The molecule has 1 unspecified atom stereocenters. The van der Waals surface area contributed by atoms with Crippen molar-refractivity contribution < 1.29 is 4.79 Å². The van der Waals surface area contributed by atoms with Crippen molar-refractivity contribution >= 4 is 23.2 Å². The Labute approximate surface area is 101 Å². The smallest absolute Gasteiger partial charge is 0.238 e. The van der Waals surface area contributed by atoms with Gasteiger partial charge in [0.2, 0.25) is 5.91 Å². The monoisotopic (exact) mass is 240 g/mol. The Hall–Kier alpha value is -1.22. The maximum atomic E-state index is 11.2. The van der Waals surface area contributed by atoms with Crippen LogP contribution in [-0.2, 0) is 11.3 Å². The van der Waals surface area contributed by atoms with E-state index in [9.17, 15) is 4.79 Å². The number of carbonyl (C=O) groups excluding carboxylic acids is 1. The first-order valence-corrected chi connectivity index (χ1v) is 5.62. The molecule has 16 heavy (non-hydrogen) atoms. The molecule has 88 valence electrons. The summed E-state index contributed by atoms with van der Waals surface area (Å²) in [5.41, 5.74) is 2.21. The number of hydrogen-bond acceptors (Lipinski definition) is 2. The fourth-order valence-electron chi connectivity index (χ4n) is 1.24. The maximum Gasteiger partial charge on any atom is 0.238 e. The zero-order chi connectivity index (χ0) is 12.1. The summed E-state index contributed by atoms with van der Waals surface area (Å²) < 4.78 is 0. The summed E-state index contributed by atoms with van der Waals surface area (Å²) in [6, 6.07) is 8.03. The molecule has 1 rings (SSSR count). The topological polar surface area (TPSA) is 32.3 Å². The molecule has 0 fully saturated rings. The van der Waals surface area contributed by atoms with Gasteiger partial charge in [-0.05, 0) is 24.6 Å². The number of hydrogen-bond donors (Lipinski definition) is 1. The van der Waals surface area contributed by atoms with Crippen molar-refractivity contribution in [3.05, 3.63) is 29.8 Å². The average Bonchev–Trinajstić information content (AvgIpc) is 2.26. The van der Waals surface area contributed by atoms with E-state index in [1.807, 2.05) is 43.3 Å². The lowest BCUT2D eigenvalue weighted by atomic mass is 10.2. The molecule has 4 heteroatoms. The second-order valence-corrected chi connectivity index (χ2v) is 4.55. The molecule has 0 aliphatic heterocycles. The van der Waals surface area contributed by atoms with E-state index in [2.05, 4.69) is 5.32 Å². The van der Waals surface area contributed by atoms with Gasteiger partial charge in [-0.2, -0.15) is 0 Å². The molecule has 1 aromatic carbocycles. The summed E-state index contributed by atoms with van der Waals surface area (Å²) in [7, 11) is 3.98. The van der Waals surface area contributed by atoms with E-state index in [0.717, 1.165) is 11.3 Å². The number of nitrogens with zero attached hydrogens (tertiary/aromatic N) is 1. The molecule has 3 nitrogen and oxygen atoms in total. The molecule has 0 aromatic heterocycles. The van der Waals surface area contributed by atoms with Gasteiger partial charge in [0, 0.05) is 26.3 Å². The molecular weight excluding hydrogens is 224 g/mol. The molecule has 0 bridgehead atoms. The van der Waals surface area contributed by atoms with Gasteiger partial charge in [0.15, 0.2) is 0 Å². The molecule has 1 atom stereocenters. The number of alkyl halides is 1. The Kier molecular flexibility index (Phi) is 4.62. The molecule has 0 radical (unpaired) electrons. The highest BCUT2D eigenvalue weighted by molar-refractivity contribution is 6.30. The summed E-state index contributed by atoms with van der Waals surface area (Å²) in [4.78, 5) is 13.3. The van der Waals surface area contributed by atoms with Crippen molar-refractivity contribution in [1.29, 1.82) is 0 Å². The second kappa shape index (κ2) is 5.75. The van der Waals surface area contributed by atoms with Gasteiger partial charge in [-0.15, -0.1) is 11.6 Å². The maximum absolute atomic E-state index is 11.2. The molecule has 1 amide bonds. The number of amides is 1. The van der Waals surface area contributed by atoms with Crippen LogP contribution >= 0.6 is 11.6 Å². The Morgan fingerprint density at radius 2 is 1.94 bits per heavy atom. The van der Waals surface area contributed by atoms with Crippen LogP contribution in [0.1, 0.15) is 12.5 Å². The van der Waals surface area contributed by atoms with Crippen LogP contribution in [0.4, 0.5) is 5.69 Å². The molecule has 1 N–H and O–H groups in total. The van der Waals surface area contributed by atoms with Gasteiger partial charge >= 0.3 is 0 Å². The van der Waals surface area contributed by atoms with Gasteiger partial charge in [0.1, 0.15) is 5.38 Å². The molecule has 0 aliphatic carbocycles. The molecule has 0 heterocycles. The van der Waals surface area contributed by atoms with Crippen molar-refractivity contribution in [1.82, 2.24) is 5.32 Å². The highest BCUT2D eigenvalue weighted by Gasteiger charge is 2.07. The van der Waals surface area contributed by atoms with E-state index in [-0.39, 0.29) is 5.91 Å². The minimum absolute atomic E-state index is 0.140. The molecule has 0 saturated carbocycles. The lowest BCUT2D eigenvalue weighted by Gasteiger charge is -2.13. The van der Waals surface area contributed by atoms with Crippen LogP contribution in [0.25, 0.3) is 0 Å². The van der Waals surface area contributed by atoms with E-state index in [0.29, 0.717) is 6.54 Å². The fraction of sp³-hybridized carbons (Fsp3) is 0.417. The van der Waals surface area contributed by atoms with E-state index < -0.39 is 5.38 Å². The lowest BCUT2D eigenvalue weighted by molar-refractivity contribution is -0.120. The summed E-state index contributed by atoms with van der Waals surface area (Å²) >= 11 is 5.64. The second-order valence-electron chi connectivity index (χ2n) is 3.89. The van der Waals surface area contributed by atoms with Gasteiger partial charge in [-0.1, -0.05) is 12.1 Å². The number of anilines is 1. The first-order chi connectivity index (χ1) is 7.50. The summed E-state index contributed by atoms with van der Waals surface area (Å²) in [5.74, 6) is -0.140. The highest BCUT2D eigenvalue weighted by Crippen LogP contribution is 2.12. The molecule has 0 aliphatic rings. The van der Waals surface area contributed by atoms with Crippen LogP contribution in [0.3, 0.4) is 0 Å². The summed E-state index contributed by atoms with van der Waals surface area (Å²) in [6.45, 7) is 2.18. The largest absolute Gasteiger partial charge is 0.378 e. The highest BCUT2D eigenvalue weighted by atomic mass is 35.5. The van der Waals surface area contributed by atoms with Gasteiger partial charge in [0.05, 0.1) is 0 Å². The predicted molar refractivity (Wildman–Crippen MR) is 67.9 cm³/mol. The van der Waals surface area contributed by atoms with Gasteiger partial charge in [-0.3, -0.25) is 4.79 Å². The standard InChI is InChI=1S/C12H17ClN2O/c1-9(13)12(16)14-8-10-4-6-11(7-5-10)15(2)3/h4-7,9H,8H2,1-3H3,(H,14,16). The number of benzene rings is 1. The number of nitrogens with one attached hydrogen (secondary N) is 1. The van der Waals surface area contributed by atoms with Crippen LogP contribution in [0.5, 0.6) is 0 Å². The van der Waals surface area contributed by atoms with Gasteiger partial charge in [-0.25, -0.2) is 0 Å². The first-order valence-electron chi connectivity index (χ1n) is 5.18. The SMILES string of the molecule is CC(Cl)C(=O)NCc1ccc(N(C)C)cc1. The van der Waals surface area contributed by atoms with Gasteiger partial charge < -0.3 is 10.2 Å². The third-order valence-electron chi connectivity index (χ3n) is 2.28. The number of halogens is 1.